The second kappa shape index (κ2) is 7.99. The Morgan fingerprint density at radius 3 is 2.74 bits per heavy atom. The van der Waals surface area contributed by atoms with E-state index in [1.54, 1.807) is 11.0 Å². The Balaban J connectivity index is 1.77. The van der Waals surface area contributed by atoms with E-state index in [1.165, 1.54) is 6.20 Å². The number of amides is 2. The molecule has 140 valence electrons. The van der Waals surface area contributed by atoms with Gasteiger partial charge in [-0.15, -0.1) is 0 Å². The van der Waals surface area contributed by atoms with Crippen LogP contribution in [0.3, 0.4) is 0 Å². The first-order valence-electron chi connectivity index (χ1n) is 8.95. The number of nitrogens with zero attached hydrogens (tertiary/aromatic N) is 3. The molecule has 0 fully saturated rings. The summed E-state index contributed by atoms with van der Waals surface area (Å²) in [5, 5.41) is 10.6. The van der Waals surface area contributed by atoms with Crippen molar-refractivity contribution in [2.24, 2.45) is 0 Å². The van der Waals surface area contributed by atoms with Gasteiger partial charge in [0.2, 0.25) is 5.91 Å². The molecular weight excluding hydrogens is 342 g/mol. The van der Waals surface area contributed by atoms with Crippen molar-refractivity contribution in [3.8, 4) is 0 Å². The molecule has 2 heterocycles. The zero-order valence-corrected chi connectivity index (χ0v) is 15.7. The topological polar surface area (TPSA) is 91.0 Å². The number of hydrogen-bond acceptors (Lipinski definition) is 4. The second-order valence-electron chi connectivity index (χ2n) is 6.53. The molecule has 7 nitrogen and oxygen atoms in total. The molecule has 1 aromatic carbocycles. The van der Waals surface area contributed by atoms with Crippen LogP contribution >= 0.6 is 0 Å². The van der Waals surface area contributed by atoms with Crippen molar-refractivity contribution in [3.05, 3.63) is 53.3 Å². The average Bonchev–Trinajstić information content (AvgIpc) is 3.03. The van der Waals surface area contributed by atoms with Gasteiger partial charge in [0.15, 0.2) is 5.65 Å². The molecule has 3 rings (SSSR count). The molecule has 0 aliphatic rings. The summed E-state index contributed by atoms with van der Waals surface area (Å²) in [5.74, 6) is -0.439. The Morgan fingerprint density at radius 1 is 1.22 bits per heavy atom. The maximum absolute atomic E-state index is 12.9. The second-order valence-corrected chi connectivity index (χ2v) is 6.53. The number of rotatable bonds is 6. The quantitative estimate of drug-likeness (QED) is 0.702. The first-order chi connectivity index (χ1) is 13.0. The molecule has 0 aliphatic carbocycles. The Bertz CT molecular complexity index is 979. The van der Waals surface area contributed by atoms with E-state index in [4.69, 9.17) is 0 Å². The summed E-state index contributed by atoms with van der Waals surface area (Å²) in [6.45, 7) is 6.26. The number of nitrogens with one attached hydrogen (secondary N) is 2. The van der Waals surface area contributed by atoms with Crippen LogP contribution in [0.5, 0.6) is 0 Å². The molecule has 0 spiro atoms. The minimum Gasteiger partial charge on any atom is -0.329 e. The normalized spacial score (nSPS) is 10.8. The Hall–Kier alpha value is -3.22. The number of benzene rings is 1. The SMILES string of the molecule is CCCN(CC(=O)Nc1ccccc1C)C(=O)c1cnc2n[nH]c(C)c2c1. The van der Waals surface area contributed by atoms with Crippen molar-refractivity contribution >= 4 is 28.5 Å². The average molecular weight is 365 g/mol. The number of para-hydroxylation sites is 1. The number of anilines is 1. The van der Waals surface area contributed by atoms with Crippen molar-refractivity contribution in [2.45, 2.75) is 27.2 Å². The van der Waals surface area contributed by atoms with E-state index in [2.05, 4.69) is 20.5 Å². The maximum Gasteiger partial charge on any atom is 0.255 e. The largest absolute Gasteiger partial charge is 0.329 e. The monoisotopic (exact) mass is 365 g/mol. The van der Waals surface area contributed by atoms with Gasteiger partial charge in [-0.1, -0.05) is 25.1 Å². The molecule has 27 heavy (non-hydrogen) atoms. The fraction of sp³-hybridized carbons (Fsp3) is 0.300. The van der Waals surface area contributed by atoms with Crippen molar-refractivity contribution in [1.82, 2.24) is 20.1 Å². The van der Waals surface area contributed by atoms with Crippen LogP contribution in [-0.4, -0.2) is 45.0 Å². The predicted octanol–water partition coefficient (Wildman–Crippen LogP) is 3.07. The smallest absolute Gasteiger partial charge is 0.255 e. The van der Waals surface area contributed by atoms with E-state index in [-0.39, 0.29) is 18.4 Å². The zero-order valence-electron chi connectivity index (χ0n) is 15.7. The van der Waals surface area contributed by atoms with Crippen molar-refractivity contribution in [2.75, 3.05) is 18.4 Å². The van der Waals surface area contributed by atoms with Crippen LogP contribution < -0.4 is 5.32 Å². The first-order valence-corrected chi connectivity index (χ1v) is 8.95. The van der Waals surface area contributed by atoms with E-state index in [9.17, 15) is 9.59 Å². The van der Waals surface area contributed by atoms with Crippen LogP contribution in [0, 0.1) is 13.8 Å². The zero-order chi connectivity index (χ0) is 19.4. The standard InChI is InChI=1S/C20H23N5O2/c1-4-9-25(12-18(26)22-17-8-6-5-7-13(17)2)20(27)15-10-16-14(3)23-24-19(16)21-11-15/h5-8,10-11H,4,9,12H2,1-3H3,(H,22,26)(H,21,23,24). The number of H-pyrrole nitrogens is 1. The fourth-order valence-corrected chi connectivity index (χ4v) is 2.92. The first kappa shape index (κ1) is 18.6. The number of pyridine rings is 1. The Labute approximate surface area is 157 Å². The molecule has 2 amide bonds. The molecule has 0 saturated carbocycles. The summed E-state index contributed by atoms with van der Waals surface area (Å²) in [5.41, 5.74) is 3.60. The lowest BCUT2D eigenvalue weighted by Gasteiger charge is -2.22. The third kappa shape index (κ3) is 4.13. The predicted molar refractivity (Wildman–Crippen MR) is 105 cm³/mol. The summed E-state index contributed by atoms with van der Waals surface area (Å²) in [6.07, 6.45) is 2.26. The highest BCUT2D eigenvalue weighted by atomic mass is 16.2. The Kier molecular flexibility index (Phi) is 5.49. The van der Waals surface area contributed by atoms with Gasteiger partial charge in [-0.25, -0.2) is 4.98 Å². The van der Waals surface area contributed by atoms with E-state index in [1.807, 2.05) is 45.0 Å². The van der Waals surface area contributed by atoms with E-state index < -0.39 is 0 Å². The van der Waals surface area contributed by atoms with E-state index >= 15 is 0 Å². The highest BCUT2D eigenvalue weighted by Gasteiger charge is 2.20. The lowest BCUT2D eigenvalue weighted by molar-refractivity contribution is -0.116. The van der Waals surface area contributed by atoms with E-state index in [0.717, 1.165) is 28.8 Å². The van der Waals surface area contributed by atoms with Crippen LogP contribution in [0.2, 0.25) is 0 Å². The molecule has 0 atom stereocenters. The summed E-state index contributed by atoms with van der Waals surface area (Å²) in [6, 6.07) is 9.33. The molecule has 3 aromatic rings. The molecule has 0 aliphatic heterocycles. The number of aromatic nitrogens is 3. The number of fused-ring (bicyclic) bond motifs is 1. The van der Waals surface area contributed by atoms with Crippen molar-refractivity contribution < 1.29 is 9.59 Å². The van der Waals surface area contributed by atoms with Gasteiger partial charge >= 0.3 is 0 Å². The molecule has 2 N–H and O–H groups in total. The molecule has 0 unspecified atom stereocenters. The van der Waals surface area contributed by atoms with Crippen LogP contribution in [0.15, 0.2) is 36.5 Å². The van der Waals surface area contributed by atoms with Gasteiger partial charge in [0.05, 0.1) is 5.56 Å². The lowest BCUT2D eigenvalue weighted by Crippen LogP contribution is -2.38. The molecule has 7 heteroatoms. The summed E-state index contributed by atoms with van der Waals surface area (Å²) in [4.78, 5) is 31.2. The molecule has 2 aromatic heterocycles. The van der Waals surface area contributed by atoms with Gasteiger partial charge in [-0.3, -0.25) is 14.7 Å². The van der Waals surface area contributed by atoms with Gasteiger partial charge in [-0.05, 0) is 38.0 Å². The highest BCUT2D eigenvalue weighted by molar-refractivity contribution is 6.01. The number of hydrogen-bond donors (Lipinski definition) is 2. The molecule has 0 saturated heterocycles. The molecular formula is C20H23N5O2. The third-order valence-electron chi connectivity index (χ3n) is 4.38. The minimum absolute atomic E-state index is 0.0105. The van der Waals surface area contributed by atoms with E-state index in [0.29, 0.717) is 17.8 Å². The summed E-state index contributed by atoms with van der Waals surface area (Å²) < 4.78 is 0. The molecule has 0 bridgehead atoms. The summed E-state index contributed by atoms with van der Waals surface area (Å²) >= 11 is 0. The van der Waals surface area contributed by atoms with Gasteiger partial charge in [0.1, 0.15) is 6.54 Å². The van der Waals surface area contributed by atoms with Gasteiger partial charge in [-0.2, -0.15) is 5.10 Å². The van der Waals surface area contributed by atoms with Crippen LogP contribution in [0.25, 0.3) is 11.0 Å². The minimum atomic E-state index is -0.223. The highest BCUT2D eigenvalue weighted by Crippen LogP contribution is 2.17. The van der Waals surface area contributed by atoms with Crippen LogP contribution in [0.4, 0.5) is 5.69 Å². The van der Waals surface area contributed by atoms with Gasteiger partial charge < -0.3 is 10.2 Å². The maximum atomic E-state index is 12.9. The molecule has 0 radical (unpaired) electrons. The summed E-state index contributed by atoms with van der Waals surface area (Å²) in [7, 11) is 0. The number of carbonyl (C=O) groups is 2. The van der Waals surface area contributed by atoms with Crippen molar-refractivity contribution in [1.29, 1.82) is 0 Å². The third-order valence-corrected chi connectivity index (χ3v) is 4.38. The fourth-order valence-electron chi connectivity index (χ4n) is 2.92. The van der Waals surface area contributed by atoms with Crippen LogP contribution in [-0.2, 0) is 4.79 Å². The van der Waals surface area contributed by atoms with Crippen LogP contribution in [0.1, 0.15) is 35.0 Å². The lowest BCUT2D eigenvalue weighted by atomic mass is 10.1. The van der Waals surface area contributed by atoms with Gasteiger partial charge in [0.25, 0.3) is 5.91 Å². The number of carbonyl (C=O) groups excluding carboxylic acids is 2. The Morgan fingerprint density at radius 2 is 2.00 bits per heavy atom. The number of aryl methyl sites for hydroxylation is 2. The van der Waals surface area contributed by atoms with Crippen molar-refractivity contribution in [3.63, 3.8) is 0 Å². The number of aromatic amines is 1. The van der Waals surface area contributed by atoms with Gasteiger partial charge in [0, 0.05) is 29.5 Å².